The number of rotatable bonds is 4. The SMILES string of the molecule is CSCc1ccc(C(=O)NC2CCCCCC2O)cc1. The minimum Gasteiger partial charge on any atom is -0.391 e. The number of carbonyl (C=O) groups excluding carboxylic acids is 1. The third-order valence-electron chi connectivity index (χ3n) is 3.82. The van der Waals surface area contributed by atoms with Gasteiger partial charge in [-0.05, 0) is 36.8 Å². The van der Waals surface area contributed by atoms with Crippen LogP contribution in [-0.2, 0) is 5.75 Å². The van der Waals surface area contributed by atoms with Crippen molar-refractivity contribution in [2.75, 3.05) is 6.26 Å². The van der Waals surface area contributed by atoms with Crippen LogP contribution in [0.15, 0.2) is 24.3 Å². The second-order valence-corrected chi connectivity index (χ2v) is 6.28. The van der Waals surface area contributed by atoms with Crippen LogP contribution in [0.3, 0.4) is 0 Å². The van der Waals surface area contributed by atoms with Crippen molar-refractivity contribution in [1.82, 2.24) is 5.32 Å². The summed E-state index contributed by atoms with van der Waals surface area (Å²) >= 11 is 1.77. The number of aliphatic hydroxyl groups excluding tert-OH is 1. The van der Waals surface area contributed by atoms with E-state index in [1.165, 1.54) is 5.56 Å². The van der Waals surface area contributed by atoms with Crippen molar-refractivity contribution in [3.8, 4) is 0 Å². The second-order valence-electron chi connectivity index (χ2n) is 5.42. The Morgan fingerprint density at radius 1 is 1.25 bits per heavy atom. The average Bonchev–Trinajstić information content (AvgIpc) is 2.65. The van der Waals surface area contributed by atoms with E-state index in [1.807, 2.05) is 24.3 Å². The summed E-state index contributed by atoms with van der Waals surface area (Å²) in [6.07, 6.45) is 6.60. The molecule has 0 aromatic heterocycles. The molecule has 2 atom stereocenters. The van der Waals surface area contributed by atoms with Crippen molar-refractivity contribution in [2.45, 2.75) is 50.0 Å². The number of benzene rings is 1. The molecule has 1 aliphatic rings. The zero-order valence-corrected chi connectivity index (χ0v) is 12.8. The molecule has 4 heteroatoms. The van der Waals surface area contributed by atoms with E-state index >= 15 is 0 Å². The molecule has 0 heterocycles. The van der Waals surface area contributed by atoms with E-state index in [0.717, 1.165) is 37.9 Å². The van der Waals surface area contributed by atoms with Crippen LogP contribution in [0.4, 0.5) is 0 Å². The monoisotopic (exact) mass is 293 g/mol. The summed E-state index contributed by atoms with van der Waals surface area (Å²) in [7, 11) is 0. The summed E-state index contributed by atoms with van der Waals surface area (Å²) in [4.78, 5) is 12.2. The Morgan fingerprint density at radius 3 is 2.65 bits per heavy atom. The Morgan fingerprint density at radius 2 is 1.95 bits per heavy atom. The largest absolute Gasteiger partial charge is 0.391 e. The van der Waals surface area contributed by atoms with Crippen LogP contribution < -0.4 is 5.32 Å². The molecule has 3 nitrogen and oxygen atoms in total. The van der Waals surface area contributed by atoms with Gasteiger partial charge >= 0.3 is 0 Å². The van der Waals surface area contributed by atoms with Gasteiger partial charge in [0, 0.05) is 11.3 Å². The highest BCUT2D eigenvalue weighted by molar-refractivity contribution is 7.97. The molecule has 2 N–H and O–H groups in total. The molecule has 0 spiro atoms. The lowest BCUT2D eigenvalue weighted by atomic mass is 10.1. The van der Waals surface area contributed by atoms with E-state index in [0.29, 0.717) is 5.56 Å². The number of nitrogens with one attached hydrogen (secondary N) is 1. The Labute approximate surface area is 125 Å². The van der Waals surface area contributed by atoms with Gasteiger partial charge in [-0.25, -0.2) is 0 Å². The summed E-state index contributed by atoms with van der Waals surface area (Å²) in [6.45, 7) is 0. The first-order valence-electron chi connectivity index (χ1n) is 7.27. The molecule has 1 amide bonds. The highest BCUT2D eigenvalue weighted by atomic mass is 32.2. The molecular formula is C16H23NO2S. The first kappa shape index (κ1) is 15.4. The van der Waals surface area contributed by atoms with Gasteiger partial charge in [-0.1, -0.05) is 31.4 Å². The summed E-state index contributed by atoms with van der Waals surface area (Å²) in [6, 6.07) is 7.62. The summed E-state index contributed by atoms with van der Waals surface area (Å²) in [5.41, 5.74) is 1.90. The summed E-state index contributed by atoms with van der Waals surface area (Å²) in [5, 5.41) is 13.0. The van der Waals surface area contributed by atoms with E-state index in [2.05, 4.69) is 11.6 Å². The molecule has 1 fully saturated rings. The van der Waals surface area contributed by atoms with Crippen molar-refractivity contribution in [3.63, 3.8) is 0 Å². The van der Waals surface area contributed by atoms with Crippen LogP contribution in [0, 0.1) is 0 Å². The number of carbonyl (C=O) groups is 1. The lowest BCUT2D eigenvalue weighted by Gasteiger charge is -2.21. The Kier molecular flexibility index (Phi) is 5.92. The second kappa shape index (κ2) is 7.70. The molecule has 0 radical (unpaired) electrons. The molecule has 0 saturated heterocycles. The van der Waals surface area contributed by atoms with E-state index in [1.54, 1.807) is 11.8 Å². The predicted molar refractivity (Wildman–Crippen MR) is 84.0 cm³/mol. The van der Waals surface area contributed by atoms with Gasteiger partial charge in [0.1, 0.15) is 0 Å². The van der Waals surface area contributed by atoms with Gasteiger partial charge in [0.05, 0.1) is 12.1 Å². The number of hydrogen-bond acceptors (Lipinski definition) is 3. The van der Waals surface area contributed by atoms with Crippen LogP contribution in [-0.4, -0.2) is 29.4 Å². The highest BCUT2D eigenvalue weighted by Crippen LogP contribution is 2.18. The summed E-state index contributed by atoms with van der Waals surface area (Å²) < 4.78 is 0. The van der Waals surface area contributed by atoms with Gasteiger partial charge in [0.25, 0.3) is 5.91 Å². The fourth-order valence-electron chi connectivity index (χ4n) is 2.63. The highest BCUT2D eigenvalue weighted by Gasteiger charge is 2.23. The molecule has 2 unspecified atom stereocenters. The van der Waals surface area contributed by atoms with Crippen molar-refractivity contribution >= 4 is 17.7 Å². The molecule has 2 rings (SSSR count). The number of amides is 1. The molecule has 0 aliphatic heterocycles. The Hall–Kier alpha value is -1.00. The number of thioether (sulfide) groups is 1. The molecule has 1 aromatic rings. The Bertz CT molecular complexity index is 433. The first-order valence-corrected chi connectivity index (χ1v) is 8.67. The van der Waals surface area contributed by atoms with Gasteiger partial charge in [0.15, 0.2) is 0 Å². The fourth-order valence-corrected chi connectivity index (χ4v) is 3.15. The minimum absolute atomic E-state index is 0.0772. The molecular weight excluding hydrogens is 270 g/mol. The third-order valence-corrected chi connectivity index (χ3v) is 4.45. The standard InChI is InChI=1S/C16H23NO2S/c1-20-11-12-7-9-13(10-8-12)16(19)17-14-5-3-2-4-6-15(14)18/h7-10,14-15,18H,2-6,11H2,1H3,(H,17,19). The molecule has 0 bridgehead atoms. The van der Waals surface area contributed by atoms with Gasteiger partial charge in [-0.3, -0.25) is 4.79 Å². The van der Waals surface area contributed by atoms with E-state index < -0.39 is 6.10 Å². The Balaban J connectivity index is 1.96. The zero-order chi connectivity index (χ0) is 14.4. The third kappa shape index (κ3) is 4.25. The topological polar surface area (TPSA) is 49.3 Å². The maximum Gasteiger partial charge on any atom is 0.251 e. The van der Waals surface area contributed by atoms with Gasteiger partial charge in [0.2, 0.25) is 0 Å². The van der Waals surface area contributed by atoms with Crippen LogP contribution in [0.5, 0.6) is 0 Å². The van der Waals surface area contributed by atoms with E-state index in [4.69, 9.17) is 0 Å². The van der Waals surface area contributed by atoms with Crippen molar-refractivity contribution in [2.24, 2.45) is 0 Å². The van der Waals surface area contributed by atoms with Gasteiger partial charge in [-0.2, -0.15) is 11.8 Å². The minimum atomic E-state index is -0.405. The summed E-state index contributed by atoms with van der Waals surface area (Å²) in [5.74, 6) is 0.884. The molecule has 1 aromatic carbocycles. The number of aliphatic hydroxyl groups is 1. The first-order chi connectivity index (χ1) is 9.70. The molecule has 1 saturated carbocycles. The maximum atomic E-state index is 12.2. The van der Waals surface area contributed by atoms with Crippen LogP contribution in [0.25, 0.3) is 0 Å². The lowest BCUT2D eigenvalue weighted by Crippen LogP contribution is -2.42. The van der Waals surface area contributed by atoms with Gasteiger partial charge in [-0.15, -0.1) is 0 Å². The molecule has 20 heavy (non-hydrogen) atoms. The van der Waals surface area contributed by atoms with Crippen molar-refractivity contribution < 1.29 is 9.90 Å². The van der Waals surface area contributed by atoms with E-state index in [-0.39, 0.29) is 11.9 Å². The quantitative estimate of drug-likeness (QED) is 0.839. The normalized spacial score (nSPS) is 23.1. The number of hydrogen-bond donors (Lipinski definition) is 2. The smallest absolute Gasteiger partial charge is 0.251 e. The van der Waals surface area contributed by atoms with Crippen LogP contribution >= 0.6 is 11.8 Å². The van der Waals surface area contributed by atoms with Crippen LogP contribution in [0.2, 0.25) is 0 Å². The lowest BCUT2D eigenvalue weighted by molar-refractivity contribution is 0.0819. The van der Waals surface area contributed by atoms with E-state index in [9.17, 15) is 9.90 Å². The van der Waals surface area contributed by atoms with Crippen LogP contribution in [0.1, 0.15) is 48.0 Å². The maximum absolute atomic E-state index is 12.2. The van der Waals surface area contributed by atoms with Crippen molar-refractivity contribution in [1.29, 1.82) is 0 Å². The molecule has 1 aliphatic carbocycles. The molecule has 110 valence electrons. The average molecular weight is 293 g/mol. The van der Waals surface area contributed by atoms with Crippen molar-refractivity contribution in [3.05, 3.63) is 35.4 Å². The predicted octanol–water partition coefficient (Wildman–Crippen LogP) is 2.97. The zero-order valence-electron chi connectivity index (χ0n) is 12.0. The van der Waals surface area contributed by atoms with Gasteiger partial charge < -0.3 is 10.4 Å². The fraction of sp³-hybridized carbons (Fsp3) is 0.562.